The van der Waals surface area contributed by atoms with Gasteiger partial charge in [-0.3, -0.25) is 8.98 Å². The second-order valence-corrected chi connectivity index (χ2v) is 4.98. The van der Waals surface area contributed by atoms with Gasteiger partial charge >= 0.3 is 0 Å². The summed E-state index contributed by atoms with van der Waals surface area (Å²) in [6.07, 6.45) is 2.54. The van der Waals surface area contributed by atoms with Gasteiger partial charge in [0.1, 0.15) is 5.03 Å². The van der Waals surface area contributed by atoms with Crippen LogP contribution < -0.4 is 10.6 Å². The molecule has 102 valence electrons. The fourth-order valence-corrected chi connectivity index (χ4v) is 2.43. The Hall–Kier alpha value is -1.53. The lowest BCUT2D eigenvalue weighted by atomic mass is 10.1. The summed E-state index contributed by atoms with van der Waals surface area (Å²) in [7, 11) is 1.81. The number of pyridine rings is 1. The fraction of sp³-hybridized carbons (Fsp3) is 0.385. The van der Waals surface area contributed by atoms with Crippen molar-refractivity contribution in [1.29, 1.82) is 0 Å². The quantitative estimate of drug-likeness (QED) is 0.795. The first-order valence-corrected chi connectivity index (χ1v) is 6.85. The van der Waals surface area contributed by atoms with E-state index in [0.717, 1.165) is 16.3 Å². The highest BCUT2D eigenvalue weighted by Gasteiger charge is 2.26. The monoisotopic (exact) mass is 279 g/mol. The molecule has 0 bridgehead atoms. The van der Waals surface area contributed by atoms with Gasteiger partial charge in [-0.25, -0.2) is 4.98 Å². The van der Waals surface area contributed by atoms with Gasteiger partial charge in [0.2, 0.25) is 0 Å². The van der Waals surface area contributed by atoms with E-state index in [2.05, 4.69) is 22.2 Å². The maximum Gasteiger partial charge on any atom is 0.250 e. The van der Waals surface area contributed by atoms with Gasteiger partial charge in [0.25, 0.3) is 5.91 Å². The predicted octanol–water partition coefficient (Wildman–Crippen LogP) is 1.27. The first kappa shape index (κ1) is 13.9. The predicted molar refractivity (Wildman–Crippen MR) is 74.5 cm³/mol. The van der Waals surface area contributed by atoms with E-state index in [1.165, 1.54) is 12.0 Å². The van der Waals surface area contributed by atoms with Gasteiger partial charge in [0, 0.05) is 50.4 Å². The first-order valence-electron chi connectivity index (χ1n) is 6.11. The molecule has 1 aliphatic rings. The van der Waals surface area contributed by atoms with Crippen LogP contribution in [0.2, 0.25) is 0 Å². The number of carbonyl (C=O) groups is 1. The van der Waals surface area contributed by atoms with Gasteiger partial charge < -0.3 is 10.6 Å². The fourth-order valence-electron chi connectivity index (χ4n) is 1.70. The Balaban J connectivity index is 1.83. The summed E-state index contributed by atoms with van der Waals surface area (Å²) in [6, 6.07) is 3.84. The molecule has 1 aromatic heterocycles. The van der Waals surface area contributed by atoms with Crippen LogP contribution in [0.3, 0.4) is 0 Å². The minimum Gasteiger partial charge on any atom is -0.392 e. The minimum absolute atomic E-state index is 0.0918. The summed E-state index contributed by atoms with van der Waals surface area (Å²) in [4.78, 5) is 16.2. The summed E-state index contributed by atoms with van der Waals surface area (Å²) in [5, 5.41) is 6.63. The molecule has 0 fully saturated rings. The largest absolute Gasteiger partial charge is 0.392 e. The Morgan fingerprint density at radius 2 is 2.53 bits per heavy atom. The van der Waals surface area contributed by atoms with Crippen LogP contribution in [-0.2, 0) is 15.4 Å². The first-order chi connectivity index (χ1) is 9.20. The lowest BCUT2D eigenvalue weighted by Crippen LogP contribution is -2.38. The molecule has 0 saturated heterocycles. The van der Waals surface area contributed by atoms with Crippen molar-refractivity contribution in [1.82, 2.24) is 15.6 Å². The number of nitrogens with zero attached hydrogens (tertiary/aromatic N) is 1. The number of nitrogens with one attached hydrogen (secondary N) is 2. The number of aromatic nitrogens is 1. The standard InChI is InChI=1S/C13H17N3O2S/c1-9(14-2)5-7-15-12(17)11-8-10-4-3-6-16-13(10)19-18-11/h3-4,6,11,14H,1,5,7-8H2,2H3,(H,15,17). The van der Waals surface area contributed by atoms with E-state index in [4.69, 9.17) is 4.18 Å². The van der Waals surface area contributed by atoms with Crippen LogP contribution in [0.15, 0.2) is 35.6 Å². The van der Waals surface area contributed by atoms with Crippen molar-refractivity contribution in [3.05, 3.63) is 36.2 Å². The van der Waals surface area contributed by atoms with Crippen molar-refractivity contribution in [2.24, 2.45) is 0 Å². The Bertz CT molecular complexity index is 479. The van der Waals surface area contributed by atoms with Crippen LogP contribution in [-0.4, -0.2) is 30.6 Å². The average Bonchev–Trinajstić information content (AvgIpc) is 2.46. The van der Waals surface area contributed by atoms with Crippen molar-refractivity contribution < 1.29 is 8.98 Å². The molecule has 2 rings (SSSR count). The molecule has 1 aliphatic heterocycles. The maximum atomic E-state index is 12.0. The van der Waals surface area contributed by atoms with E-state index >= 15 is 0 Å². The van der Waals surface area contributed by atoms with Gasteiger partial charge in [0.05, 0.1) is 0 Å². The molecule has 6 heteroatoms. The van der Waals surface area contributed by atoms with E-state index in [1.54, 1.807) is 6.20 Å². The Morgan fingerprint density at radius 3 is 3.32 bits per heavy atom. The van der Waals surface area contributed by atoms with Crippen LogP contribution >= 0.6 is 12.0 Å². The lowest BCUT2D eigenvalue weighted by Gasteiger charge is -2.22. The topological polar surface area (TPSA) is 63.2 Å². The zero-order valence-electron chi connectivity index (χ0n) is 10.8. The highest BCUT2D eigenvalue weighted by atomic mass is 32.2. The summed E-state index contributed by atoms with van der Waals surface area (Å²) in [5.74, 6) is -0.0918. The summed E-state index contributed by atoms with van der Waals surface area (Å²) < 4.78 is 5.45. The third-order valence-electron chi connectivity index (χ3n) is 2.87. The van der Waals surface area contributed by atoms with E-state index in [1.807, 2.05) is 19.2 Å². The molecule has 19 heavy (non-hydrogen) atoms. The van der Waals surface area contributed by atoms with Gasteiger partial charge in [0.15, 0.2) is 6.10 Å². The second kappa shape index (κ2) is 6.58. The minimum atomic E-state index is -0.454. The number of amides is 1. The molecule has 1 aromatic rings. The molecule has 2 N–H and O–H groups in total. The van der Waals surface area contributed by atoms with Crippen LogP contribution in [0.1, 0.15) is 12.0 Å². The molecular weight excluding hydrogens is 262 g/mol. The third-order valence-corrected chi connectivity index (χ3v) is 3.72. The molecule has 0 spiro atoms. The van der Waals surface area contributed by atoms with Crippen molar-refractivity contribution in [3.8, 4) is 0 Å². The van der Waals surface area contributed by atoms with E-state index < -0.39 is 6.10 Å². The van der Waals surface area contributed by atoms with Crippen molar-refractivity contribution in [3.63, 3.8) is 0 Å². The number of carbonyl (C=O) groups excluding carboxylic acids is 1. The maximum absolute atomic E-state index is 12.0. The van der Waals surface area contributed by atoms with Crippen LogP contribution in [0.25, 0.3) is 0 Å². The molecule has 0 aromatic carbocycles. The number of fused-ring (bicyclic) bond motifs is 1. The van der Waals surface area contributed by atoms with Crippen LogP contribution in [0.5, 0.6) is 0 Å². The zero-order chi connectivity index (χ0) is 13.7. The lowest BCUT2D eigenvalue weighted by molar-refractivity contribution is -0.127. The van der Waals surface area contributed by atoms with Gasteiger partial charge in [-0.05, 0) is 11.6 Å². The molecule has 2 heterocycles. The Morgan fingerprint density at radius 1 is 1.68 bits per heavy atom. The van der Waals surface area contributed by atoms with E-state index in [-0.39, 0.29) is 5.91 Å². The highest BCUT2D eigenvalue weighted by Crippen LogP contribution is 2.29. The van der Waals surface area contributed by atoms with Crippen LogP contribution in [0.4, 0.5) is 0 Å². The molecule has 1 unspecified atom stereocenters. The third kappa shape index (κ3) is 3.71. The number of rotatable bonds is 5. The number of hydrogen-bond acceptors (Lipinski definition) is 5. The van der Waals surface area contributed by atoms with Crippen molar-refractivity contribution in [2.75, 3.05) is 13.6 Å². The van der Waals surface area contributed by atoms with Gasteiger partial charge in [-0.15, -0.1) is 0 Å². The number of hydrogen-bond donors (Lipinski definition) is 2. The second-order valence-electron chi connectivity index (χ2n) is 4.23. The molecular formula is C13H17N3O2S. The molecule has 1 amide bonds. The van der Waals surface area contributed by atoms with Crippen LogP contribution in [0, 0.1) is 0 Å². The van der Waals surface area contributed by atoms with E-state index in [9.17, 15) is 4.79 Å². The normalized spacial score (nSPS) is 17.4. The molecule has 0 aliphatic carbocycles. The zero-order valence-corrected chi connectivity index (χ0v) is 11.6. The highest BCUT2D eigenvalue weighted by molar-refractivity contribution is 7.94. The molecule has 1 atom stereocenters. The summed E-state index contributed by atoms with van der Waals surface area (Å²) >= 11 is 1.17. The van der Waals surface area contributed by atoms with Gasteiger partial charge in [-0.2, -0.15) is 0 Å². The summed E-state index contributed by atoms with van der Waals surface area (Å²) in [6.45, 7) is 4.36. The SMILES string of the molecule is C=C(CCNC(=O)C1Cc2cccnc2SO1)NC. The summed E-state index contributed by atoms with van der Waals surface area (Å²) in [5.41, 5.74) is 1.95. The Kier molecular flexibility index (Phi) is 4.81. The smallest absolute Gasteiger partial charge is 0.250 e. The Labute approximate surface area is 117 Å². The molecule has 0 radical (unpaired) electrons. The molecule has 0 saturated carbocycles. The van der Waals surface area contributed by atoms with Crippen molar-refractivity contribution in [2.45, 2.75) is 24.0 Å². The average molecular weight is 279 g/mol. The van der Waals surface area contributed by atoms with Gasteiger partial charge in [-0.1, -0.05) is 12.6 Å². The van der Waals surface area contributed by atoms with Crippen molar-refractivity contribution >= 4 is 17.9 Å². The molecule has 5 nitrogen and oxygen atoms in total. The van der Waals surface area contributed by atoms with E-state index in [0.29, 0.717) is 19.4 Å².